The first-order valence-corrected chi connectivity index (χ1v) is 6.96. The monoisotopic (exact) mass is 354 g/mol. The normalized spacial score (nSPS) is 10.8. The van der Waals surface area contributed by atoms with Gasteiger partial charge in [-0.3, -0.25) is 4.79 Å². The molecule has 9 heteroatoms. The van der Waals surface area contributed by atoms with Gasteiger partial charge in [-0.05, 0) is 36.4 Å². The van der Waals surface area contributed by atoms with E-state index in [9.17, 15) is 22.8 Å². The summed E-state index contributed by atoms with van der Waals surface area (Å²) in [4.78, 5) is 22.9. The molecule has 0 heterocycles. The first-order chi connectivity index (χ1) is 11.7. The van der Waals surface area contributed by atoms with Gasteiger partial charge in [0.05, 0.1) is 17.8 Å². The van der Waals surface area contributed by atoms with Crippen LogP contribution in [0.5, 0.6) is 5.75 Å². The number of ether oxygens (including phenoxy) is 1. The Kier molecular flexibility index (Phi) is 5.48. The van der Waals surface area contributed by atoms with E-state index in [1.54, 1.807) is 6.07 Å². The fraction of sp³-hybridized carbons (Fsp3) is 0.125. The molecule has 2 rings (SSSR count). The molecule has 0 aliphatic heterocycles. The summed E-state index contributed by atoms with van der Waals surface area (Å²) in [6, 6.07) is 10.8. The number of carbonyl (C=O) groups excluding carboxylic acids is 1. The van der Waals surface area contributed by atoms with Gasteiger partial charge in [0.25, 0.3) is 0 Å². The van der Waals surface area contributed by atoms with Crippen molar-refractivity contribution >= 4 is 23.3 Å². The van der Waals surface area contributed by atoms with Crippen LogP contribution in [-0.2, 0) is 4.79 Å². The molecule has 132 valence electrons. The number of anilines is 2. The molecule has 0 unspecified atom stereocenters. The number of nitrogens with one attached hydrogen (secondary N) is 2. The van der Waals surface area contributed by atoms with E-state index in [2.05, 4.69) is 15.4 Å². The molecule has 6 nitrogen and oxygen atoms in total. The Morgan fingerprint density at radius 3 is 2.28 bits per heavy atom. The molecule has 3 N–H and O–H groups in total. The zero-order valence-electron chi connectivity index (χ0n) is 12.6. The molecule has 25 heavy (non-hydrogen) atoms. The minimum Gasteiger partial charge on any atom is -0.478 e. The highest BCUT2D eigenvalue weighted by molar-refractivity contribution is 6.01. The van der Waals surface area contributed by atoms with Crippen molar-refractivity contribution < 1.29 is 32.6 Å². The van der Waals surface area contributed by atoms with Gasteiger partial charge in [-0.15, -0.1) is 13.2 Å². The third-order valence-electron chi connectivity index (χ3n) is 2.97. The number of hydrogen-bond donors (Lipinski definition) is 3. The molecule has 0 bridgehead atoms. The third-order valence-corrected chi connectivity index (χ3v) is 2.97. The highest BCUT2D eigenvalue weighted by Crippen LogP contribution is 2.23. The Hall–Kier alpha value is -3.23. The van der Waals surface area contributed by atoms with Crippen LogP contribution in [0.25, 0.3) is 0 Å². The van der Waals surface area contributed by atoms with Gasteiger partial charge in [0.2, 0.25) is 5.91 Å². The fourth-order valence-electron chi connectivity index (χ4n) is 1.93. The number of benzene rings is 2. The lowest BCUT2D eigenvalue weighted by atomic mass is 10.2. The molecule has 0 radical (unpaired) electrons. The molecule has 2 aromatic carbocycles. The number of carbonyl (C=O) groups is 2. The first-order valence-electron chi connectivity index (χ1n) is 6.96. The van der Waals surface area contributed by atoms with E-state index in [0.29, 0.717) is 5.69 Å². The maximum Gasteiger partial charge on any atom is 0.573 e. The highest BCUT2D eigenvalue weighted by atomic mass is 19.4. The van der Waals surface area contributed by atoms with Crippen LogP contribution < -0.4 is 15.4 Å². The summed E-state index contributed by atoms with van der Waals surface area (Å²) in [5.74, 6) is -2.06. The van der Waals surface area contributed by atoms with Crippen LogP contribution in [0, 0.1) is 0 Å². The van der Waals surface area contributed by atoms with Crippen molar-refractivity contribution in [2.24, 2.45) is 0 Å². The predicted molar refractivity (Wildman–Crippen MR) is 83.6 cm³/mol. The van der Waals surface area contributed by atoms with Crippen LogP contribution in [0.4, 0.5) is 24.5 Å². The summed E-state index contributed by atoms with van der Waals surface area (Å²) in [5, 5.41) is 14.2. The van der Waals surface area contributed by atoms with Crippen LogP contribution in [0.3, 0.4) is 0 Å². The second-order valence-corrected chi connectivity index (χ2v) is 4.82. The van der Waals surface area contributed by atoms with Gasteiger partial charge < -0.3 is 20.5 Å². The van der Waals surface area contributed by atoms with Gasteiger partial charge in [-0.2, -0.15) is 0 Å². The summed E-state index contributed by atoms with van der Waals surface area (Å²) in [5.41, 5.74) is 0.497. The van der Waals surface area contributed by atoms with Gasteiger partial charge >= 0.3 is 12.3 Å². The minimum absolute atomic E-state index is 0.0514. The van der Waals surface area contributed by atoms with E-state index in [-0.39, 0.29) is 23.5 Å². The number of aromatic carboxylic acids is 1. The molecule has 2 aromatic rings. The maximum atomic E-state index is 12.1. The Labute approximate surface area is 140 Å². The van der Waals surface area contributed by atoms with Crippen LogP contribution in [0.15, 0.2) is 48.5 Å². The minimum atomic E-state index is -4.77. The standard InChI is InChI=1S/C16H13F3N2O4/c17-16(18,19)25-11-7-5-10(6-8-11)20-9-14(22)21-13-4-2-1-3-12(13)15(23)24/h1-8,20H,9H2,(H,21,22)(H,23,24). The zero-order valence-corrected chi connectivity index (χ0v) is 12.6. The lowest BCUT2D eigenvalue weighted by Gasteiger charge is -2.11. The van der Waals surface area contributed by atoms with E-state index < -0.39 is 18.2 Å². The molecule has 0 aliphatic carbocycles. The SMILES string of the molecule is O=C(CNc1ccc(OC(F)(F)F)cc1)Nc1ccccc1C(=O)O. The lowest BCUT2D eigenvalue weighted by Crippen LogP contribution is -2.23. The lowest BCUT2D eigenvalue weighted by molar-refractivity contribution is -0.274. The van der Waals surface area contributed by atoms with Gasteiger partial charge in [0, 0.05) is 5.69 Å². The Bertz CT molecular complexity index is 761. The van der Waals surface area contributed by atoms with Crippen molar-refractivity contribution in [3.8, 4) is 5.75 Å². The summed E-state index contributed by atoms with van der Waals surface area (Å²) < 4.78 is 39.9. The quantitative estimate of drug-likeness (QED) is 0.741. The molecule has 1 amide bonds. The summed E-state index contributed by atoms with van der Waals surface area (Å²) in [7, 11) is 0. The molecule has 0 saturated heterocycles. The van der Waals surface area contributed by atoms with Gasteiger partial charge in [0.1, 0.15) is 5.75 Å². The predicted octanol–water partition coefficient (Wildman–Crippen LogP) is 3.33. The van der Waals surface area contributed by atoms with E-state index >= 15 is 0 Å². The van der Waals surface area contributed by atoms with Crippen LogP contribution in [0.1, 0.15) is 10.4 Å². The molecule has 0 aliphatic rings. The average molecular weight is 354 g/mol. The van der Waals surface area contributed by atoms with Crippen molar-refractivity contribution in [2.75, 3.05) is 17.2 Å². The summed E-state index contributed by atoms with van der Waals surface area (Å²) in [6.45, 7) is -0.201. The van der Waals surface area contributed by atoms with Gasteiger partial charge in [-0.25, -0.2) is 4.79 Å². The second-order valence-electron chi connectivity index (χ2n) is 4.82. The summed E-state index contributed by atoms with van der Waals surface area (Å²) in [6.07, 6.45) is -4.77. The van der Waals surface area contributed by atoms with E-state index in [4.69, 9.17) is 5.11 Å². The van der Waals surface area contributed by atoms with Crippen LogP contribution >= 0.6 is 0 Å². The van der Waals surface area contributed by atoms with Crippen molar-refractivity contribution in [1.82, 2.24) is 0 Å². The highest BCUT2D eigenvalue weighted by Gasteiger charge is 2.30. The number of carboxylic acids is 1. The van der Waals surface area contributed by atoms with Crippen molar-refractivity contribution in [3.63, 3.8) is 0 Å². The maximum absolute atomic E-state index is 12.1. The zero-order chi connectivity index (χ0) is 18.4. The molecule has 0 atom stereocenters. The van der Waals surface area contributed by atoms with Gasteiger partial charge in [0.15, 0.2) is 0 Å². The van der Waals surface area contributed by atoms with Crippen molar-refractivity contribution in [3.05, 3.63) is 54.1 Å². The van der Waals surface area contributed by atoms with Crippen molar-refractivity contribution in [1.29, 1.82) is 0 Å². The summed E-state index contributed by atoms with van der Waals surface area (Å²) >= 11 is 0. The Morgan fingerprint density at radius 1 is 1.04 bits per heavy atom. The van der Waals surface area contributed by atoms with Crippen LogP contribution in [-0.4, -0.2) is 29.9 Å². The largest absolute Gasteiger partial charge is 0.573 e. The smallest absolute Gasteiger partial charge is 0.478 e. The topological polar surface area (TPSA) is 87.7 Å². The number of para-hydroxylation sites is 1. The van der Waals surface area contributed by atoms with E-state index in [1.807, 2.05) is 0 Å². The molecular formula is C16H13F3N2O4. The van der Waals surface area contributed by atoms with Gasteiger partial charge in [-0.1, -0.05) is 12.1 Å². The third kappa shape index (κ3) is 5.72. The Balaban J connectivity index is 1.91. The van der Waals surface area contributed by atoms with Crippen molar-refractivity contribution in [2.45, 2.75) is 6.36 Å². The number of amides is 1. The van der Waals surface area contributed by atoms with Crippen LogP contribution in [0.2, 0.25) is 0 Å². The fourth-order valence-corrected chi connectivity index (χ4v) is 1.93. The van der Waals surface area contributed by atoms with E-state index in [1.165, 1.54) is 30.3 Å². The average Bonchev–Trinajstić information content (AvgIpc) is 2.53. The molecule has 0 fully saturated rings. The Morgan fingerprint density at radius 2 is 1.68 bits per heavy atom. The number of alkyl halides is 3. The number of hydrogen-bond acceptors (Lipinski definition) is 4. The number of halogens is 3. The first kappa shape index (κ1) is 18.1. The molecule has 0 aromatic heterocycles. The molecule has 0 saturated carbocycles. The number of rotatable bonds is 6. The second kappa shape index (κ2) is 7.56. The number of carboxylic acid groups (broad SMARTS) is 1. The molecular weight excluding hydrogens is 341 g/mol. The molecule has 0 spiro atoms. The van der Waals surface area contributed by atoms with E-state index in [0.717, 1.165) is 12.1 Å².